The summed E-state index contributed by atoms with van der Waals surface area (Å²) < 4.78 is 19.4. The van der Waals surface area contributed by atoms with Crippen molar-refractivity contribution in [2.24, 2.45) is 0 Å². The van der Waals surface area contributed by atoms with E-state index in [1.807, 2.05) is 56.0 Å². The van der Waals surface area contributed by atoms with Crippen LogP contribution in [0.25, 0.3) is 11.0 Å². The second-order valence-electron chi connectivity index (χ2n) is 9.91. The Hall–Kier alpha value is -4.40. The normalized spacial score (nSPS) is 13.8. The van der Waals surface area contributed by atoms with Crippen molar-refractivity contribution in [1.82, 2.24) is 9.97 Å². The van der Waals surface area contributed by atoms with Gasteiger partial charge in [0.05, 0.1) is 0 Å². The van der Waals surface area contributed by atoms with Crippen molar-refractivity contribution >= 4 is 40.1 Å². The molecule has 37 heavy (non-hydrogen) atoms. The Bertz CT molecular complexity index is 1480. The molecule has 190 valence electrons. The van der Waals surface area contributed by atoms with Crippen LogP contribution in [-0.4, -0.2) is 34.1 Å². The number of fused-ring (bicyclic) bond motifs is 2. The summed E-state index contributed by atoms with van der Waals surface area (Å²) in [6.45, 7) is 6.09. The van der Waals surface area contributed by atoms with Gasteiger partial charge in [0.25, 0.3) is 0 Å². The van der Waals surface area contributed by atoms with Crippen molar-refractivity contribution in [3.63, 3.8) is 0 Å². The maximum absolute atomic E-state index is 13.6. The van der Waals surface area contributed by atoms with Crippen LogP contribution >= 0.6 is 0 Å². The van der Waals surface area contributed by atoms with Crippen molar-refractivity contribution in [2.45, 2.75) is 38.8 Å². The van der Waals surface area contributed by atoms with E-state index in [-0.39, 0.29) is 5.97 Å². The third kappa shape index (κ3) is 5.11. The van der Waals surface area contributed by atoms with Crippen LogP contribution in [0.15, 0.2) is 67.0 Å². The molecular weight excluding hydrogens is 473 g/mol. The quantitative estimate of drug-likeness (QED) is 0.301. The van der Waals surface area contributed by atoms with E-state index in [1.54, 1.807) is 18.5 Å². The summed E-state index contributed by atoms with van der Waals surface area (Å²) in [5, 5.41) is 6.37. The Balaban J connectivity index is 1.47. The number of nitrogens with zero attached hydrogens (tertiary/aromatic N) is 2. The number of anilines is 3. The smallest absolute Gasteiger partial charge is 0.334 e. The lowest BCUT2D eigenvalue weighted by molar-refractivity contribution is -0.156. The molecule has 1 aliphatic rings. The molecule has 0 aliphatic carbocycles. The second-order valence-corrected chi connectivity index (χ2v) is 9.91. The van der Waals surface area contributed by atoms with Gasteiger partial charge in [-0.15, -0.1) is 0 Å². The van der Waals surface area contributed by atoms with Gasteiger partial charge < -0.3 is 25.3 Å². The molecular formula is C28H28FN5O3. The number of carbonyl (C=O) groups is 2. The fraction of sp³-hybridized carbons (Fsp3) is 0.250. The highest BCUT2D eigenvalue weighted by Gasteiger charge is 2.37. The number of H-pyrrole nitrogens is 1. The van der Waals surface area contributed by atoms with Crippen molar-refractivity contribution in [1.29, 1.82) is 0 Å². The maximum Gasteiger partial charge on any atom is 0.334 e. The molecule has 3 N–H and O–H groups in total. The van der Waals surface area contributed by atoms with Gasteiger partial charge in [-0.25, -0.2) is 19.0 Å². The van der Waals surface area contributed by atoms with Crippen molar-refractivity contribution in [3.8, 4) is 0 Å². The van der Waals surface area contributed by atoms with Gasteiger partial charge in [0.15, 0.2) is 6.04 Å². The van der Waals surface area contributed by atoms with Crippen LogP contribution in [-0.2, 0) is 16.0 Å². The lowest BCUT2D eigenvalue weighted by Crippen LogP contribution is -2.37. The zero-order chi connectivity index (χ0) is 26.2. The van der Waals surface area contributed by atoms with E-state index < -0.39 is 23.5 Å². The van der Waals surface area contributed by atoms with Gasteiger partial charge in [0, 0.05) is 47.0 Å². The van der Waals surface area contributed by atoms with Crippen LogP contribution in [0, 0.1) is 5.82 Å². The molecule has 1 atom stereocenters. The molecule has 2 aromatic heterocycles. The number of esters is 1. The summed E-state index contributed by atoms with van der Waals surface area (Å²) in [6.07, 6.45) is 4.09. The Kier molecular flexibility index (Phi) is 6.29. The number of hydrogen-bond donors (Lipinski definition) is 3. The number of urea groups is 1. The van der Waals surface area contributed by atoms with Crippen molar-refractivity contribution in [3.05, 3.63) is 83.9 Å². The number of rotatable bonds is 5. The van der Waals surface area contributed by atoms with E-state index in [0.717, 1.165) is 22.2 Å². The molecule has 1 aliphatic heterocycles. The molecule has 2 aromatic carbocycles. The van der Waals surface area contributed by atoms with Gasteiger partial charge >= 0.3 is 12.0 Å². The molecule has 8 nitrogen and oxygen atoms in total. The first kappa shape index (κ1) is 24.3. The van der Waals surface area contributed by atoms with Crippen molar-refractivity contribution < 1.29 is 18.7 Å². The van der Waals surface area contributed by atoms with Crippen LogP contribution in [0.2, 0.25) is 0 Å². The van der Waals surface area contributed by atoms with E-state index in [1.165, 1.54) is 18.2 Å². The fourth-order valence-corrected chi connectivity index (χ4v) is 4.70. The largest absolute Gasteiger partial charge is 0.458 e. The SMILES string of the molecule is CC(C)(C)OC(=O)C(c1ccnc2[nH]ccc12)N1CCc2c(NC(=O)Nc3cccc(F)c3)cccc21. The zero-order valence-electron chi connectivity index (χ0n) is 20.8. The Labute approximate surface area is 213 Å². The summed E-state index contributed by atoms with van der Waals surface area (Å²) in [7, 11) is 0. The highest BCUT2D eigenvalue weighted by atomic mass is 19.1. The number of nitrogens with one attached hydrogen (secondary N) is 3. The molecule has 0 fully saturated rings. The number of hydrogen-bond acceptors (Lipinski definition) is 5. The molecule has 9 heteroatoms. The third-order valence-corrected chi connectivity index (χ3v) is 6.12. The molecule has 1 unspecified atom stereocenters. The number of aromatic nitrogens is 2. The molecule has 0 radical (unpaired) electrons. The number of aromatic amines is 1. The molecule has 2 amide bonds. The van der Waals surface area contributed by atoms with E-state index in [0.29, 0.717) is 30.0 Å². The number of amides is 2. The van der Waals surface area contributed by atoms with Gasteiger partial charge in [-0.2, -0.15) is 0 Å². The number of halogens is 1. The van der Waals surface area contributed by atoms with Gasteiger partial charge in [-0.1, -0.05) is 12.1 Å². The van der Waals surface area contributed by atoms with Crippen LogP contribution in [0.1, 0.15) is 37.9 Å². The summed E-state index contributed by atoms with van der Waals surface area (Å²) in [4.78, 5) is 35.8. The van der Waals surface area contributed by atoms with Crippen LogP contribution in [0.3, 0.4) is 0 Å². The molecule has 3 heterocycles. The second kappa shape index (κ2) is 9.57. The first-order valence-corrected chi connectivity index (χ1v) is 12.1. The zero-order valence-corrected chi connectivity index (χ0v) is 20.8. The Morgan fingerprint density at radius 3 is 2.70 bits per heavy atom. The summed E-state index contributed by atoms with van der Waals surface area (Å²) >= 11 is 0. The van der Waals surface area contributed by atoms with Crippen LogP contribution in [0.4, 0.5) is 26.2 Å². The highest BCUT2D eigenvalue weighted by Crippen LogP contribution is 2.41. The average Bonchev–Trinajstić information content (AvgIpc) is 3.47. The maximum atomic E-state index is 13.6. The van der Waals surface area contributed by atoms with Gasteiger partial charge in [0.2, 0.25) is 0 Å². The predicted molar refractivity (Wildman–Crippen MR) is 141 cm³/mol. The first-order valence-electron chi connectivity index (χ1n) is 12.1. The van der Waals surface area contributed by atoms with Gasteiger partial charge in [-0.05, 0) is 75.2 Å². The number of benzene rings is 2. The summed E-state index contributed by atoms with van der Waals surface area (Å²) in [6, 6.07) is 13.8. The number of carbonyl (C=O) groups excluding carboxylic acids is 2. The average molecular weight is 502 g/mol. The molecule has 4 aromatic rings. The molecule has 0 spiro atoms. The van der Waals surface area contributed by atoms with Crippen LogP contribution in [0.5, 0.6) is 0 Å². The van der Waals surface area contributed by atoms with E-state index in [4.69, 9.17) is 4.74 Å². The predicted octanol–water partition coefficient (Wildman–Crippen LogP) is 5.79. The minimum absolute atomic E-state index is 0.352. The minimum atomic E-state index is -0.710. The van der Waals surface area contributed by atoms with Gasteiger partial charge in [-0.3, -0.25) is 0 Å². The van der Waals surface area contributed by atoms with Crippen LogP contribution < -0.4 is 15.5 Å². The topological polar surface area (TPSA) is 99.3 Å². The van der Waals surface area contributed by atoms with Crippen molar-refractivity contribution in [2.75, 3.05) is 22.1 Å². The first-order chi connectivity index (χ1) is 17.7. The molecule has 0 bridgehead atoms. The number of pyridine rings is 1. The van der Waals surface area contributed by atoms with E-state index in [9.17, 15) is 14.0 Å². The fourth-order valence-electron chi connectivity index (χ4n) is 4.70. The van der Waals surface area contributed by atoms with Gasteiger partial charge in [0.1, 0.15) is 17.1 Å². The molecule has 0 saturated heterocycles. The lowest BCUT2D eigenvalue weighted by Gasteiger charge is -2.32. The number of ether oxygens (including phenoxy) is 1. The lowest BCUT2D eigenvalue weighted by atomic mass is 10.0. The van der Waals surface area contributed by atoms with E-state index >= 15 is 0 Å². The summed E-state index contributed by atoms with van der Waals surface area (Å²) in [5.41, 5.74) is 3.53. The Morgan fingerprint density at radius 2 is 1.92 bits per heavy atom. The Morgan fingerprint density at radius 1 is 1.11 bits per heavy atom. The monoisotopic (exact) mass is 501 g/mol. The minimum Gasteiger partial charge on any atom is -0.458 e. The summed E-state index contributed by atoms with van der Waals surface area (Å²) in [5.74, 6) is -0.800. The third-order valence-electron chi connectivity index (χ3n) is 6.12. The molecule has 0 saturated carbocycles. The molecule has 5 rings (SSSR count). The highest BCUT2D eigenvalue weighted by molar-refractivity contribution is 6.01. The standard InChI is InChI=1S/C28H28FN5O3/c1-28(2,3)37-26(35)24(19-10-13-30-25-20(19)11-14-31-25)34-15-12-21-22(8-5-9-23(21)34)33-27(36)32-18-7-4-6-17(29)16-18/h4-11,13-14,16,24H,12,15H2,1-3H3,(H,30,31)(H2,32,33,36). The van der Waals surface area contributed by atoms with E-state index in [2.05, 4.69) is 20.6 Å².